The van der Waals surface area contributed by atoms with Gasteiger partial charge < -0.3 is 15.2 Å². The van der Waals surface area contributed by atoms with Crippen molar-refractivity contribution in [2.75, 3.05) is 0 Å². The molecule has 0 aliphatic carbocycles. The van der Waals surface area contributed by atoms with Crippen LogP contribution in [0.15, 0.2) is 0 Å². The molecule has 0 aromatic rings. The molecular formula is C10H21NO3. The Bertz CT molecular complexity index is 200. The van der Waals surface area contributed by atoms with E-state index in [1.54, 1.807) is 41.5 Å². The van der Waals surface area contributed by atoms with Crippen LogP contribution in [0.25, 0.3) is 0 Å². The van der Waals surface area contributed by atoms with Crippen LogP contribution in [0.3, 0.4) is 0 Å². The van der Waals surface area contributed by atoms with Gasteiger partial charge in [0.25, 0.3) is 0 Å². The fourth-order valence-electron chi connectivity index (χ4n) is 0.661. The van der Waals surface area contributed by atoms with E-state index in [0.29, 0.717) is 0 Å². The van der Waals surface area contributed by atoms with Crippen molar-refractivity contribution in [2.45, 2.75) is 58.8 Å². The third-order valence-electron chi connectivity index (χ3n) is 1.79. The maximum absolute atomic E-state index is 11.3. The average molecular weight is 203 g/mol. The maximum Gasteiger partial charge on any atom is 0.407 e. The van der Waals surface area contributed by atoms with Crippen LogP contribution >= 0.6 is 0 Å². The number of rotatable bonds is 2. The highest BCUT2D eigenvalue weighted by molar-refractivity contribution is 5.68. The van der Waals surface area contributed by atoms with Crippen molar-refractivity contribution < 1.29 is 14.6 Å². The average Bonchev–Trinajstić information content (AvgIpc) is 1.79. The van der Waals surface area contributed by atoms with Crippen LogP contribution in [-0.4, -0.2) is 28.4 Å². The van der Waals surface area contributed by atoms with Crippen LogP contribution in [0.2, 0.25) is 0 Å². The molecule has 0 fully saturated rings. The lowest BCUT2D eigenvalue weighted by atomic mass is 10.0. The summed E-state index contributed by atoms with van der Waals surface area (Å²) < 4.78 is 5.04. The number of carbonyl (C=O) groups excluding carboxylic acids is 1. The molecule has 0 aromatic heterocycles. The van der Waals surface area contributed by atoms with E-state index in [2.05, 4.69) is 5.32 Å². The molecule has 0 aliphatic rings. The molecule has 0 aromatic carbocycles. The second kappa shape index (κ2) is 4.17. The molecule has 0 radical (unpaired) electrons. The molecule has 0 heterocycles. The molecule has 14 heavy (non-hydrogen) atoms. The van der Waals surface area contributed by atoms with E-state index in [9.17, 15) is 9.90 Å². The van der Waals surface area contributed by atoms with Gasteiger partial charge in [-0.1, -0.05) is 0 Å². The maximum atomic E-state index is 11.3. The molecule has 0 spiro atoms. The van der Waals surface area contributed by atoms with Crippen LogP contribution in [0.5, 0.6) is 0 Å². The Balaban J connectivity index is 4.09. The van der Waals surface area contributed by atoms with Gasteiger partial charge in [-0.15, -0.1) is 0 Å². The quantitative estimate of drug-likeness (QED) is 0.717. The number of amides is 1. The topological polar surface area (TPSA) is 58.6 Å². The zero-order valence-electron chi connectivity index (χ0n) is 9.84. The molecule has 2 N–H and O–H groups in total. The van der Waals surface area contributed by atoms with Gasteiger partial charge in [-0.25, -0.2) is 4.79 Å². The Hall–Kier alpha value is -0.770. The van der Waals surface area contributed by atoms with Crippen molar-refractivity contribution >= 4 is 6.09 Å². The molecule has 0 bridgehead atoms. The third-order valence-corrected chi connectivity index (χ3v) is 1.79. The lowest BCUT2D eigenvalue weighted by Crippen LogP contribution is -2.48. The minimum atomic E-state index is -0.948. The Labute approximate surface area is 85.6 Å². The summed E-state index contributed by atoms with van der Waals surface area (Å²) in [6.45, 7) is 10.4. The zero-order valence-corrected chi connectivity index (χ0v) is 9.84. The molecule has 1 atom stereocenters. The van der Waals surface area contributed by atoms with Crippen molar-refractivity contribution in [3.8, 4) is 0 Å². The summed E-state index contributed by atoms with van der Waals surface area (Å²) in [4.78, 5) is 11.3. The van der Waals surface area contributed by atoms with Gasteiger partial charge in [0, 0.05) is 0 Å². The molecule has 1 amide bonds. The van der Waals surface area contributed by atoms with Gasteiger partial charge in [0.1, 0.15) is 5.60 Å². The van der Waals surface area contributed by atoms with Crippen molar-refractivity contribution in [1.29, 1.82) is 0 Å². The summed E-state index contributed by atoms with van der Waals surface area (Å²) in [6, 6.07) is -0.350. The van der Waals surface area contributed by atoms with E-state index in [1.165, 1.54) is 0 Å². The Kier molecular flexibility index (Phi) is 3.94. The van der Waals surface area contributed by atoms with Gasteiger partial charge in [0.15, 0.2) is 0 Å². The highest BCUT2D eigenvalue weighted by Gasteiger charge is 2.26. The van der Waals surface area contributed by atoms with Crippen LogP contribution in [-0.2, 0) is 4.74 Å². The van der Waals surface area contributed by atoms with Crippen LogP contribution in [0.4, 0.5) is 4.79 Å². The lowest BCUT2D eigenvalue weighted by Gasteiger charge is -2.28. The second-order valence-corrected chi connectivity index (χ2v) is 5.02. The van der Waals surface area contributed by atoms with Gasteiger partial charge in [-0.05, 0) is 41.5 Å². The predicted octanol–water partition coefficient (Wildman–Crippen LogP) is 1.67. The highest BCUT2D eigenvalue weighted by atomic mass is 16.6. The summed E-state index contributed by atoms with van der Waals surface area (Å²) in [6.07, 6.45) is -0.507. The largest absolute Gasteiger partial charge is 0.444 e. The number of alkyl carbamates (subject to hydrolysis) is 1. The second-order valence-electron chi connectivity index (χ2n) is 5.02. The van der Waals surface area contributed by atoms with E-state index < -0.39 is 17.3 Å². The molecule has 84 valence electrons. The fourth-order valence-corrected chi connectivity index (χ4v) is 0.661. The minimum Gasteiger partial charge on any atom is -0.444 e. The summed E-state index contributed by atoms with van der Waals surface area (Å²) >= 11 is 0. The molecule has 0 saturated heterocycles. The standard InChI is InChI=1S/C10H21NO3/c1-7(10(5,6)13)11-8(12)14-9(2,3)4/h7,13H,1-6H3,(H,11,12)/t7-/m0/s1. The zero-order chi connectivity index (χ0) is 11.6. The van der Waals surface area contributed by atoms with E-state index in [4.69, 9.17) is 4.74 Å². The Morgan fingerprint density at radius 2 is 1.71 bits per heavy atom. The Morgan fingerprint density at radius 3 is 2.00 bits per heavy atom. The van der Waals surface area contributed by atoms with Crippen molar-refractivity contribution in [2.24, 2.45) is 0 Å². The summed E-state index contributed by atoms with van der Waals surface area (Å²) in [5, 5.41) is 12.1. The van der Waals surface area contributed by atoms with Crippen LogP contribution < -0.4 is 5.32 Å². The normalized spacial score (nSPS) is 14.8. The SMILES string of the molecule is C[C@H](NC(=O)OC(C)(C)C)C(C)(C)O. The number of hydrogen-bond donors (Lipinski definition) is 2. The number of aliphatic hydroxyl groups is 1. The van der Waals surface area contributed by atoms with Crippen LogP contribution in [0.1, 0.15) is 41.5 Å². The van der Waals surface area contributed by atoms with Gasteiger partial charge in [-0.2, -0.15) is 0 Å². The molecular weight excluding hydrogens is 182 g/mol. The minimum absolute atomic E-state index is 0.350. The van der Waals surface area contributed by atoms with E-state index >= 15 is 0 Å². The first-order valence-corrected chi connectivity index (χ1v) is 4.74. The summed E-state index contributed by atoms with van der Waals surface area (Å²) in [7, 11) is 0. The molecule has 4 heteroatoms. The summed E-state index contributed by atoms with van der Waals surface area (Å²) in [5.41, 5.74) is -1.46. The van der Waals surface area contributed by atoms with Crippen molar-refractivity contribution in [3.05, 3.63) is 0 Å². The number of nitrogens with one attached hydrogen (secondary N) is 1. The molecule has 0 aliphatic heterocycles. The van der Waals surface area contributed by atoms with Gasteiger partial charge in [0.2, 0.25) is 0 Å². The predicted molar refractivity (Wildman–Crippen MR) is 55.1 cm³/mol. The van der Waals surface area contributed by atoms with Gasteiger partial charge in [0.05, 0.1) is 11.6 Å². The molecule has 0 unspecified atom stereocenters. The molecule has 4 nitrogen and oxygen atoms in total. The van der Waals surface area contributed by atoms with E-state index in [-0.39, 0.29) is 6.04 Å². The summed E-state index contributed by atoms with van der Waals surface area (Å²) in [5.74, 6) is 0. The van der Waals surface area contributed by atoms with Crippen LogP contribution in [0, 0.1) is 0 Å². The first-order chi connectivity index (χ1) is 6.02. The monoisotopic (exact) mass is 203 g/mol. The number of hydrogen-bond acceptors (Lipinski definition) is 3. The molecule has 0 saturated carbocycles. The Morgan fingerprint density at radius 1 is 1.29 bits per heavy atom. The van der Waals surface area contributed by atoms with Gasteiger partial charge in [-0.3, -0.25) is 0 Å². The smallest absolute Gasteiger partial charge is 0.407 e. The lowest BCUT2D eigenvalue weighted by molar-refractivity contribution is 0.0213. The highest BCUT2D eigenvalue weighted by Crippen LogP contribution is 2.10. The first kappa shape index (κ1) is 13.2. The molecule has 0 rings (SSSR count). The third kappa shape index (κ3) is 5.80. The number of carbonyl (C=O) groups is 1. The fraction of sp³-hybridized carbons (Fsp3) is 0.900. The first-order valence-electron chi connectivity index (χ1n) is 4.74. The van der Waals surface area contributed by atoms with Gasteiger partial charge >= 0.3 is 6.09 Å². The van der Waals surface area contributed by atoms with E-state index in [1.807, 2.05) is 0 Å². The van der Waals surface area contributed by atoms with Crippen molar-refractivity contribution in [1.82, 2.24) is 5.32 Å². The van der Waals surface area contributed by atoms with Crippen molar-refractivity contribution in [3.63, 3.8) is 0 Å². The number of ether oxygens (including phenoxy) is 1. The van der Waals surface area contributed by atoms with E-state index in [0.717, 1.165) is 0 Å².